The van der Waals surface area contributed by atoms with E-state index in [0.29, 0.717) is 36.1 Å². The number of rotatable bonds is 3. The Kier molecular flexibility index (Phi) is 5.49. The highest BCUT2D eigenvalue weighted by molar-refractivity contribution is 5.89. The Morgan fingerprint density at radius 2 is 1.79 bits per heavy atom. The average molecular weight is 450 g/mol. The zero-order chi connectivity index (χ0) is 23.5. The molecule has 0 aromatic heterocycles. The summed E-state index contributed by atoms with van der Waals surface area (Å²) in [5.41, 5.74) is 2.33. The molecule has 3 saturated carbocycles. The van der Waals surface area contributed by atoms with Crippen LogP contribution in [0.15, 0.2) is 30.4 Å². The van der Waals surface area contributed by atoms with Crippen LogP contribution in [0.25, 0.3) is 0 Å². The van der Waals surface area contributed by atoms with Gasteiger partial charge in [0.25, 0.3) is 0 Å². The molecule has 0 N–H and O–H groups in total. The molecule has 1 heterocycles. The van der Waals surface area contributed by atoms with Crippen LogP contribution in [-0.2, 0) is 9.59 Å². The highest BCUT2D eigenvalue weighted by Crippen LogP contribution is 2.66. The highest BCUT2D eigenvalue weighted by Gasteiger charge is 2.60. The van der Waals surface area contributed by atoms with E-state index in [1.807, 2.05) is 50.1 Å². The molecule has 7 atom stereocenters. The van der Waals surface area contributed by atoms with E-state index in [1.165, 1.54) is 25.7 Å². The van der Waals surface area contributed by atoms with E-state index in [9.17, 15) is 9.59 Å². The van der Waals surface area contributed by atoms with Gasteiger partial charge in [0.1, 0.15) is 5.75 Å². The van der Waals surface area contributed by atoms with Gasteiger partial charge < -0.3 is 9.64 Å². The topological polar surface area (TPSA) is 46.6 Å². The molecule has 5 rings (SSSR count). The Morgan fingerprint density at radius 3 is 2.52 bits per heavy atom. The van der Waals surface area contributed by atoms with Crippen molar-refractivity contribution in [3.8, 4) is 5.75 Å². The number of carbonyl (C=O) groups is 2. The molecular weight excluding hydrogens is 410 g/mol. The first-order valence-corrected chi connectivity index (χ1v) is 12.9. The molecule has 0 bridgehead atoms. The number of benzene rings is 1. The first-order valence-electron chi connectivity index (χ1n) is 12.9. The number of aryl methyl sites for hydroxylation is 2. The fourth-order valence-electron chi connectivity index (χ4n) is 8.50. The molecule has 1 aliphatic heterocycles. The van der Waals surface area contributed by atoms with Crippen LogP contribution in [0.5, 0.6) is 5.75 Å². The summed E-state index contributed by atoms with van der Waals surface area (Å²) in [6.45, 7) is 8.86. The van der Waals surface area contributed by atoms with Crippen LogP contribution >= 0.6 is 0 Å². The predicted octanol–water partition coefficient (Wildman–Crippen LogP) is 5.85. The number of hydrogen-bond acceptors (Lipinski definition) is 3. The molecule has 0 spiro atoms. The third-order valence-electron chi connectivity index (χ3n) is 10.4. The number of fused-ring (bicyclic) bond motifs is 5. The van der Waals surface area contributed by atoms with Gasteiger partial charge in [-0.1, -0.05) is 38.1 Å². The third-order valence-corrected chi connectivity index (χ3v) is 10.4. The molecule has 3 fully saturated rings. The van der Waals surface area contributed by atoms with E-state index >= 15 is 0 Å². The van der Waals surface area contributed by atoms with Crippen molar-refractivity contribution in [1.82, 2.24) is 4.90 Å². The van der Waals surface area contributed by atoms with Gasteiger partial charge in [0.05, 0.1) is 0 Å². The molecule has 3 aliphatic carbocycles. The molecule has 4 heteroatoms. The fourth-order valence-corrected chi connectivity index (χ4v) is 8.50. The Hall–Kier alpha value is -2.10. The third kappa shape index (κ3) is 3.47. The van der Waals surface area contributed by atoms with E-state index in [4.69, 9.17) is 4.74 Å². The number of likely N-dealkylation sites (N-methyl/N-ethyl adjacent to an activating group) is 1. The van der Waals surface area contributed by atoms with E-state index in [1.54, 1.807) is 0 Å². The van der Waals surface area contributed by atoms with Crippen LogP contribution in [0.4, 0.5) is 0 Å². The second-order valence-corrected chi connectivity index (χ2v) is 11.8. The van der Waals surface area contributed by atoms with Crippen molar-refractivity contribution in [2.24, 2.45) is 34.5 Å². The number of hydrogen-bond donors (Lipinski definition) is 0. The summed E-state index contributed by atoms with van der Waals surface area (Å²) in [7, 11) is 1.98. The van der Waals surface area contributed by atoms with Gasteiger partial charge in [0, 0.05) is 24.9 Å². The molecule has 0 unspecified atom stereocenters. The molecule has 1 aromatic carbocycles. The maximum absolute atomic E-state index is 13.0. The van der Waals surface area contributed by atoms with Gasteiger partial charge in [0.15, 0.2) is 0 Å². The zero-order valence-corrected chi connectivity index (χ0v) is 20.9. The molecule has 4 aliphatic rings. The first kappa shape index (κ1) is 22.7. The molecule has 0 saturated heterocycles. The quantitative estimate of drug-likeness (QED) is 0.429. The lowest BCUT2D eigenvalue weighted by Gasteiger charge is -2.60. The Labute approximate surface area is 198 Å². The standard InChI is InChI=1S/C29H39NO3/c1-18-7-6-8-19(2)27(18)33-26(32)17-20-9-11-22-21-10-12-24-29(4,16-14-25(31)30(24)5)23(21)13-15-28(20,22)3/h6-8,14,16,20-24H,9-13,15,17H2,1-5H3/t20-,21+,22+,23+,24-,28-,29-/m1/s1. The minimum Gasteiger partial charge on any atom is -0.426 e. The lowest BCUT2D eigenvalue weighted by atomic mass is 9.47. The minimum absolute atomic E-state index is 0.0757. The summed E-state index contributed by atoms with van der Waals surface area (Å²) in [6.07, 6.45) is 11.6. The van der Waals surface area contributed by atoms with Crippen LogP contribution in [0.1, 0.15) is 69.9 Å². The summed E-state index contributed by atoms with van der Waals surface area (Å²) in [5, 5.41) is 0. The summed E-state index contributed by atoms with van der Waals surface area (Å²) in [4.78, 5) is 27.3. The smallest absolute Gasteiger partial charge is 0.311 e. The molecule has 1 amide bonds. The van der Waals surface area contributed by atoms with Crippen LogP contribution in [0, 0.1) is 48.3 Å². The lowest BCUT2D eigenvalue weighted by molar-refractivity contribution is -0.140. The van der Waals surface area contributed by atoms with E-state index in [2.05, 4.69) is 19.9 Å². The first-order chi connectivity index (χ1) is 15.6. The average Bonchev–Trinajstić information content (AvgIpc) is 3.10. The second-order valence-electron chi connectivity index (χ2n) is 11.8. The summed E-state index contributed by atoms with van der Waals surface area (Å²) >= 11 is 0. The molecule has 4 nitrogen and oxygen atoms in total. The Bertz CT molecular complexity index is 978. The molecule has 178 valence electrons. The van der Waals surface area contributed by atoms with Crippen molar-refractivity contribution < 1.29 is 14.3 Å². The number of carbonyl (C=O) groups excluding carboxylic acids is 2. The van der Waals surface area contributed by atoms with Crippen molar-refractivity contribution in [3.05, 3.63) is 41.5 Å². The van der Waals surface area contributed by atoms with E-state index in [-0.39, 0.29) is 22.7 Å². The van der Waals surface area contributed by atoms with Gasteiger partial charge >= 0.3 is 5.97 Å². The number of ether oxygens (including phenoxy) is 1. The Morgan fingerprint density at radius 1 is 1.06 bits per heavy atom. The lowest BCUT2D eigenvalue weighted by Crippen LogP contribution is -2.59. The number of nitrogens with zero attached hydrogens (tertiary/aromatic N) is 1. The monoisotopic (exact) mass is 449 g/mol. The van der Waals surface area contributed by atoms with Gasteiger partial charge in [0.2, 0.25) is 5.91 Å². The second kappa shape index (κ2) is 7.99. The highest BCUT2D eigenvalue weighted by atomic mass is 16.5. The van der Waals surface area contributed by atoms with Gasteiger partial charge in [-0.25, -0.2) is 0 Å². The van der Waals surface area contributed by atoms with Crippen LogP contribution in [0.2, 0.25) is 0 Å². The van der Waals surface area contributed by atoms with Crippen molar-refractivity contribution in [2.75, 3.05) is 7.05 Å². The fraction of sp³-hybridized carbons (Fsp3) is 0.655. The minimum atomic E-state index is -0.0765. The van der Waals surface area contributed by atoms with Crippen molar-refractivity contribution in [1.29, 1.82) is 0 Å². The number of esters is 1. The molecular formula is C29H39NO3. The van der Waals surface area contributed by atoms with Crippen molar-refractivity contribution >= 4 is 11.9 Å². The van der Waals surface area contributed by atoms with Gasteiger partial charge in [-0.3, -0.25) is 9.59 Å². The van der Waals surface area contributed by atoms with E-state index < -0.39 is 0 Å². The maximum Gasteiger partial charge on any atom is 0.311 e. The van der Waals surface area contributed by atoms with Crippen LogP contribution < -0.4 is 4.74 Å². The maximum atomic E-state index is 13.0. The van der Waals surface area contributed by atoms with Crippen LogP contribution in [0.3, 0.4) is 0 Å². The predicted molar refractivity (Wildman–Crippen MR) is 130 cm³/mol. The summed E-state index contributed by atoms with van der Waals surface area (Å²) in [6, 6.07) is 6.34. The molecule has 0 radical (unpaired) electrons. The molecule has 33 heavy (non-hydrogen) atoms. The zero-order valence-electron chi connectivity index (χ0n) is 20.9. The number of amides is 1. The van der Waals surface area contributed by atoms with Crippen LogP contribution in [-0.4, -0.2) is 29.9 Å². The van der Waals surface area contributed by atoms with Crippen molar-refractivity contribution in [3.63, 3.8) is 0 Å². The Balaban J connectivity index is 1.32. The summed E-state index contributed by atoms with van der Waals surface area (Å²) < 4.78 is 5.89. The SMILES string of the molecule is Cc1cccc(C)c1OC(=O)C[C@H]1CC[C@H]2[C@@H]3CC[C@H]4N(C)C(=O)C=C[C@]4(C)[C@H]3CC[C@]12C. The largest absolute Gasteiger partial charge is 0.426 e. The summed E-state index contributed by atoms with van der Waals surface area (Å²) in [5.74, 6) is 3.20. The van der Waals surface area contributed by atoms with Crippen molar-refractivity contribution in [2.45, 2.75) is 78.7 Å². The van der Waals surface area contributed by atoms with E-state index in [0.717, 1.165) is 29.7 Å². The normalized spacial score (nSPS) is 39.6. The van der Waals surface area contributed by atoms with Gasteiger partial charge in [-0.05, 0) is 98.7 Å². The number of para-hydroxylation sites is 1. The van der Waals surface area contributed by atoms with Gasteiger partial charge in [-0.2, -0.15) is 0 Å². The molecule has 1 aromatic rings. The van der Waals surface area contributed by atoms with Gasteiger partial charge in [-0.15, -0.1) is 0 Å².